The monoisotopic (exact) mass is 263 g/mol. The number of nitrogens with zero attached hydrogens (tertiary/aromatic N) is 2. The number of nitrogen functional groups attached to an aromatic ring is 1. The largest absolute Gasteiger partial charge is 0.383 e. The van der Waals surface area contributed by atoms with Crippen LogP contribution in [0.2, 0.25) is 0 Å². The van der Waals surface area contributed by atoms with E-state index in [9.17, 15) is 5.26 Å². The minimum Gasteiger partial charge on any atom is -0.383 e. The van der Waals surface area contributed by atoms with Crippen LogP contribution in [0.15, 0.2) is 30.3 Å². The third-order valence-corrected chi connectivity index (χ3v) is 4.01. The maximum atomic E-state index is 9.46. The standard InChI is InChI=1S/C17H17N3/c1-11-7-8-15-13(9-11)16(12-5-3-2-4-6-12)14(10-18)17(19)20-15/h2-6,11H,7-9H2,1H3,(H2,19,20). The minimum atomic E-state index is 0.361. The van der Waals surface area contributed by atoms with Crippen molar-refractivity contribution in [1.82, 2.24) is 4.98 Å². The van der Waals surface area contributed by atoms with E-state index in [4.69, 9.17) is 5.73 Å². The van der Waals surface area contributed by atoms with E-state index >= 15 is 0 Å². The zero-order valence-corrected chi connectivity index (χ0v) is 11.6. The van der Waals surface area contributed by atoms with E-state index in [1.165, 1.54) is 5.56 Å². The van der Waals surface area contributed by atoms with Gasteiger partial charge in [0.1, 0.15) is 17.5 Å². The summed E-state index contributed by atoms with van der Waals surface area (Å²) in [5.74, 6) is 0.988. The van der Waals surface area contributed by atoms with Crippen molar-refractivity contribution in [2.75, 3.05) is 5.73 Å². The highest BCUT2D eigenvalue weighted by Crippen LogP contribution is 2.36. The number of nitrogens with two attached hydrogens (primary N) is 1. The second kappa shape index (κ2) is 4.97. The van der Waals surface area contributed by atoms with E-state index in [2.05, 4.69) is 18.0 Å². The Morgan fingerprint density at radius 1 is 1.30 bits per heavy atom. The molecule has 100 valence electrons. The summed E-state index contributed by atoms with van der Waals surface area (Å²) in [4.78, 5) is 4.46. The Kier molecular flexibility index (Phi) is 3.15. The van der Waals surface area contributed by atoms with Crippen LogP contribution in [0, 0.1) is 17.2 Å². The first kappa shape index (κ1) is 12.7. The molecule has 1 aliphatic carbocycles. The zero-order valence-electron chi connectivity index (χ0n) is 11.6. The van der Waals surface area contributed by atoms with Gasteiger partial charge in [0.15, 0.2) is 0 Å². The van der Waals surface area contributed by atoms with Crippen LogP contribution >= 0.6 is 0 Å². The summed E-state index contributed by atoms with van der Waals surface area (Å²) in [5.41, 5.74) is 10.8. The molecule has 3 rings (SSSR count). The number of aromatic nitrogens is 1. The van der Waals surface area contributed by atoms with Gasteiger partial charge < -0.3 is 5.73 Å². The molecule has 0 saturated carbocycles. The number of benzene rings is 1. The normalized spacial score (nSPS) is 17.3. The Labute approximate surface area is 119 Å². The molecule has 0 aliphatic heterocycles. The van der Waals surface area contributed by atoms with E-state index < -0.39 is 0 Å². The van der Waals surface area contributed by atoms with Crippen LogP contribution in [0.1, 0.15) is 30.2 Å². The Morgan fingerprint density at radius 2 is 2.05 bits per heavy atom. The smallest absolute Gasteiger partial charge is 0.142 e. The van der Waals surface area contributed by atoms with Gasteiger partial charge in [-0.25, -0.2) is 4.98 Å². The first-order chi connectivity index (χ1) is 9.70. The van der Waals surface area contributed by atoms with Crippen molar-refractivity contribution in [1.29, 1.82) is 5.26 Å². The molecule has 0 bridgehead atoms. The highest BCUT2D eigenvalue weighted by molar-refractivity contribution is 5.79. The maximum Gasteiger partial charge on any atom is 0.142 e. The van der Waals surface area contributed by atoms with Gasteiger partial charge in [-0.1, -0.05) is 37.3 Å². The molecule has 1 aliphatic rings. The molecule has 2 aromatic rings. The van der Waals surface area contributed by atoms with Crippen molar-refractivity contribution in [3.63, 3.8) is 0 Å². The molecular formula is C17H17N3. The number of hydrogen-bond acceptors (Lipinski definition) is 3. The van der Waals surface area contributed by atoms with Gasteiger partial charge in [0.2, 0.25) is 0 Å². The SMILES string of the molecule is CC1CCc2nc(N)c(C#N)c(-c3ccccc3)c2C1. The lowest BCUT2D eigenvalue weighted by Crippen LogP contribution is -2.16. The van der Waals surface area contributed by atoms with E-state index in [0.29, 0.717) is 17.3 Å². The summed E-state index contributed by atoms with van der Waals surface area (Å²) in [6.45, 7) is 2.25. The van der Waals surface area contributed by atoms with Crippen molar-refractivity contribution in [2.24, 2.45) is 5.92 Å². The average Bonchev–Trinajstić information content (AvgIpc) is 2.47. The molecular weight excluding hydrogens is 246 g/mol. The van der Waals surface area contributed by atoms with Crippen LogP contribution in [0.4, 0.5) is 5.82 Å². The van der Waals surface area contributed by atoms with Gasteiger partial charge in [0.25, 0.3) is 0 Å². The Balaban J connectivity index is 2.30. The molecule has 20 heavy (non-hydrogen) atoms. The highest BCUT2D eigenvalue weighted by Gasteiger charge is 2.24. The summed E-state index contributed by atoms with van der Waals surface area (Å²) < 4.78 is 0. The molecule has 0 fully saturated rings. The number of pyridine rings is 1. The molecule has 2 N–H and O–H groups in total. The Morgan fingerprint density at radius 3 is 2.75 bits per heavy atom. The maximum absolute atomic E-state index is 9.46. The van der Waals surface area contributed by atoms with Gasteiger partial charge in [-0.05, 0) is 36.3 Å². The van der Waals surface area contributed by atoms with Gasteiger partial charge in [-0.2, -0.15) is 5.26 Å². The van der Waals surface area contributed by atoms with Crippen molar-refractivity contribution < 1.29 is 0 Å². The topological polar surface area (TPSA) is 62.7 Å². The van der Waals surface area contributed by atoms with E-state index in [1.54, 1.807) is 0 Å². The number of fused-ring (bicyclic) bond motifs is 1. The molecule has 0 saturated heterocycles. The predicted molar refractivity (Wildman–Crippen MR) is 80.0 cm³/mol. The second-order valence-electron chi connectivity index (χ2n) is 5.50. The van der Waals surface area contributed by atoms with Gasteiger partial charge in [0, 0.05) is 11.3 Å². The number of rotatable bonds is 1. The van der Waals surface area contributed by atoms with Crippen LogP contribution in [0.25, 0.3) is 11.1 Å². The van der Waals surface area contributed by atoms with E-state index in [1.807, 2.05) is 30.3 Å². The van der Waals surface area contributed by atoms with Gasteiger partial charge in [0.05, 0.1) is 0 Å². The summed E-state index contributed by atoms with van der Waals surface area (Å²) >= 11 is 0. The molecule has 0 amide bonds. The van der Waals surface area contributed by atoms with Crippen molar-refractivity contribution >= 4 is 5.82 Å². The second-order valence-corrected chi connectivity index (χ2v) is 5.50. The van der Waals surface area contributed by atoms with E-state index in [0.717, 1.165) is 36.1 Å². The molecule has 3 nitrogen and oxygen atoms in total. The number of nitriles is 1. The van der Waals surface area contributed by atoms with Crippen molar-refractivity contribution in [3.05, 3.63) is 47.2 Å². The first-order valence-electron chi connectivity index (χ1n) is 6.97. The third-order valence-electron chi connectivity index (χ3n) is 4.01. The fraction of sp³-hybridized carbons (Fsp3) is 0.294. The lowest BCUT2D eigenvalue weighted by molar-refractivity contribution is 0.495. The van der Waals surface area contributed by atoms with Crippen LogP contribution in [-0.4, -0.2) is 4.98 Å². The summed E-state index contributed by atoms with van der Waals surface area (Å²) in [6.07, 6.45) is 3.06. The zero-order chi connectivity index (χ0) is 14.1. The summed E-state index contributed by atoms with van der Waals surface area (Å²) in [5, 5.41) is 9.46. The fourth-order valence-electron chi connectivity index (χ4n) is 2.99. The van der Waals surface area contributed by atoms with Crippen molar-refractivity contribution in [2.45, 2.75) is 26.2 Å². The molecule has 1 heterocycles. The first-order valence-corrected chi connectivity index (χ1v) is 6.97. The average molecular weight is 263 g/mol. The number of hydrogen-bond donors (Lipinski definition) is 1. The Bertz CT molecular complexity index is 684. The number of anilines is 1. The third kappa shape index (κ3) is 2.04. The Hall–Kier alpha value is -2.34. The summed E-state index contributed by atoms with van der Waals surface area (Å²) in [7, 11) is 0. The molecule has 0 radical (unpaired) electrons. The quantitative estimate of drug-likeness (QED) is 0.858. The van der Waals surface area contributed by atoms with Crippen LogP contribution < -0.4 is 5.73 Å². The van der Waals surface area contributed by atoms with Crippen molar-refractivity contribution in [3.8, 4) is 17.2 Å². The van der Waals surface area contributed by atoms with Gasteiger partial charge in [-0.15, -0.1) is 0 Å². The van der Waals surface area contributed by atoms with Crippen LogP contribution in [0.3, 0.4) is 0 Å². The highest BCUT2D eigenvalue weighted by atomic mass is 14.9. The lowest BCUT2D eigenvalue weighted by atomic mass is 9.82. The minimum absolute atomic E-state index is 0.361. The molecule has 1 aromatic heterocycles. The van der Waals surface area contributed by atoms with Gasteiger partial charge in [-0.3, -0.25) is 0 Å². The molecule has 1 atom stereocenters. The van der Waals surface area contributed by atoms with E-state index in [-0.39, 0.29) is 0 Å². The fourth-order valence-corrected chi connectivity index (χ4v) is 2.99. The molecule has 1 aromatic carbocycles. The van der Waals surface area contributed by atoms with Gasteiger partial charge >= 0.3 is 0 Å². The number of aryl methyl sites for hydroxylation is 1. The predicted octanol–water partition coefficient (Wildman–Crippen LogP) is 3.33. The lowest BCUT2D eigenvalue weighted by Gasteiger charge is -2.24. The van der Waals surface area contributed by atoms with Crippen LogP contribution in [-0.2, 0) is 12.8 Å². The molecule has 3 heteroatoms. The van der Waals surface area contributed by atoms with Crippen LogP contribution in [0.5, 0.6) is 0 Å². The summed E-state index contributed by atoms with van der Waals surface area (Å²) in [6, 6.07) is 12.3. The molecule has 0 spiro atoms. The molecule has 1 unspecified atom stereocenters.